The lowest BCUT2D eigenvalue weighted by Crippen LogP contribution is -2.35. The van der Waals surface area contributed by atoms with Gasteiger partial charge in [0, 0.05) is 44.4 Å². The number of fused-ring (bicyclic) bond motifs is 1. The second kappa shape index (κ2) is 10.9. The zero-order valence-corrected chi connectivity index (χ0v) is 20.5. The molecule has 2 atom stereocenters. The Hall–Kier alpha value is -3.34. The quantitative estimate of drug-likeness (QED) is 0.474. The number of carbonyl (C=O) groups excluding carboxylic acids is 1. The number of anilines is 1. The summed E-state index contributed by atoms with van der Waals surface area (Å²) in [5, 5.41) is 10.6. The number of pyridine rings is 1. The second-order valence-electron chi connectivity index (χ2n) is 8.95. The lowest BCUT2D eigenvalue weighted by molar-refractivity contribution is 0.0841. The van der Waals surface area contributed by atoms with Crippen molar-refractivity contribution in [2.75, 3.05) is 31.7 Å². The van der Waals surface area contributed by atoms with Crippen LogP contribution in [-0.4, -0.2) is 70.0 Å². The van der Waals surface area contributed by atoms with Crippen molar-refractivity contribution in [3.63, 3.8) is 0 Å². The van der Waals surface area contributed by atoms with Crippen LogP contribution in [0.2, 0.25) is 0 Å². The molecule has 11 heteroatoms. The molecule has 0 radical (unpaired) electrons. The summed E-state index contributed by atoms with van der Waals surface area (Å²) in [6.45, 7) is 7.50. The first-order chi connectivity index (χ1) is 16.9. The van der Waals surface area contributed by atoms with Crippen molar-refractivity contribution < 1.29 is 18.7 Å². The third-order valence-corrected chi connectivity index (χ3v) is 6.27. The average molecular weight is 486 g/mol. The number of hydrogen-bond acceptors (Lipinski definition) is 8. The minimum atomic E-state index is -0.319. The predicted molar refractivity (Wildman–Crippen MR) is 129 cm³/mol. The Morgan fingerprint density at radius 1 is 1.31 bits per heavy atom. The van der Waals surface area contributed by atoms with Crippen molar-refractivity contribution in [2.24, 2.45) is 0 Å². The zero-order chi connectivity index (χ0) is 24.9. The van der Waals surface area contributed by atoms with Gasteiger partial charge in [-0.15, -0.1) is 0 Å². The van der Waals surface area contributed by atoms with Gasteiger partial charge in [0.15, 0.2) is 5.65 Å². The van der Waals surface area contributed by atoms with E-state index in [1.54, 1.807) is 13.2 Å². The number of piperidine rings is 1. The first-order valence-corrected chi connectivity index (χ1v) is 12.0. The molecule has 0 bridgehead atoms. The predicted octanol–water partition coefficient (Wildman–Crippen LogP) is 3.21. The number of aromatic amines is 1. The second-order valence-corrected chi connectivity index (χ2v) is 8.95. The van der Waals surface area contributed by atoms with E-state index in [4.69, 9.17) is 9.47 Å². The van der Waals surface area contributed by atoms with Gasteiger partial charge in [-0.1, -0.05) is 6.92 Å². The van der Waals surface area contributed by atoms with Gasteiger partial charge in [0.05, 0.1) is 17.7 Å². The Bertz CT molecular complexity index is 1160. The van der Waals surface area contributed by atoms with Gasteiger partial charge in [0.1, 0.15) is 23.4 Å². The Morgan fingerprint density at radius 3 is 2.80 bits per heavy atom. The minimum Gasteiger partial charge on any atom is -0.458 e. The fraction of sp³-hybridized carbons (Fsp3) is 0.542. The van der Waals surface area contributed by atoms with Crippen LogP contribution in [0.4, 0.5) is 10.2 Å². The number of aromatic nitrogens is 5. The highest BCUT2D eigenvalue weighted by atomic mass is 19.1. The molecule has 3 aromatic rings. The summed E-state index contributed by atoms with van der Waals surface area (Å²) in [4.78, 5) is 28.0. The number of ether oxygens (including phenoxy) is 2. The van der Waals surface area contributed by atoms with E-state index in [1.807, 2.05) is 20.8 Å². The molecule has 0 spiro atoms. The van der Waals surface area contributed by atoms with Crippen molar-refractivity contribution in [1.29, 1.82) is 0 Å². The van der Waals surface area contributed by atoms with Crippen LogP contribution in [0.5, 0.6) is 6.01 Å². The molecule has 0 aromatic carbocycles. The number of H-pyrrole nitrogens is 1. The third-order valence-electron chi connectivity index (χ3n) is 6.27. The number of carbonyl (C=O) groups is 1. The van der Waals surface area contributed by atoms with Gasteiger partial charge in [-0.05, 0) is 39.2 Å². The lowest BCUT2D eigenvalue weighted by Gasteiger charge is -2.32. The van der Waals surface area contributed by atoms with Crippen LogP contribution in [0.15, 0.2) is 18.3 Å². The molecule has 3 aromatic heterocycles. The van der Waals surface area contributed by atoms with Crippen LogP contribution >= 0.6 is 0 Å². The monoisotopic (exact) mass is 485 g/mol. The Balaban J connectivity index is 1.54. The van der Waals surface area contributed by atoms with Gasteiger partial charge < -0.3 is 19.7 Å². The van der Waals surface area contributed by atoms with Crippen molar-refractivity contribution in [2.45, 2.75) is 58.1 Å². The van der Waals surface area contributed by atoms with Gasteiger partial charge in [0.2, 0.25) is 0 Å². The zero-order valence-electron chi connectivity index (χ0n) is 20.5. The fourth-order valence-corrected chi connectivity index (χ4v) is 4.21. The molecular formula is C24H32FN7O3. The lowest BCUT2D eigenvalue weighted by atomic mass is 9.92. The maximum absolute atomic E-state index is 14.4. The number of halogens is 1. The van der Waals surface area contributed by atoms with Gasteiger partial charge in [-0.2, -0.15) is 15.1 Å². The van der Waals surface area contributed by atoms with Crippen LogP contribution in [-0.2, 0) is 4.74 Å². The molecule has 1 saturated heterocycles. The molecule has 0 unspecified atom stereocenters. The Kier molecular flexibility index (Phi) is 7.74. The number of rotatable bonds is 9. The van der Waals surface area contributed by atoms with E-state index in [2.05, 4.69) is 35.4 Å². The summed E-state index contributed by atoms with van der Waals surface area (Å²) < 4.78 is 25.4. The maximum Gasteiger partial charge on any atom is 0.319 e. The van der Waals surface area contributed by atoms with E-state index in [-0.39, 0.29) is 41.5 Å². The Labute approximate surface area is 203 Å². The van der Waals surface area contributed by atoms with E-state index in [9.17, 15) is 9.18 Å². The van der Waals surface area contributed by atoms with Crippen LogP contribution in [0.1, 0.15) is 62.1 Å². The summed E-state index contributed by atoms with van der Waals surface area (Å²) >= 11 is 0. The first-order valence-electron chi connectivity index (χ1n) is 12.0. The molecule has 1 amide bonds. The number of hydrogen-bond donors (Lipinski definition) is 2. The van der Waals surface area contributed by atoms with Crippen LogP contribution < -0.4 is 15.0 Å². The van der Waals surface area contributed by atoms with Gasteiger partial charge in [0.25, 0.3) is 5.91 Å². The SMILES string of the molecule is CC[C@@H](C)NC(=O)c1cc(N2CCC(c3n[nH]c4nccc(F)c34)CC2)nc(O[C@H](C)COC)n1. The van der Waals surface area contributed by atoms with E-state index >= 15 is 0 Å². The molecule has 4 rings (SSSR count). The van der Waals surface area contributed by atoms with Gasteiger partial charge >= 0.3 is 6.01 Å². The van der Waals surface area contributed by atoms with Crippen LogP contribution in [0, 0.1) is 5.82 Å². The number of nitrogens with zero attached hydrogens (tertiary/aromatic N) is 5. The highest BCUT2D eigenvalue weighted by Gasteiger charge is 2.27. The molecule has 35 heavy (non-hydrogen) atoms. The van der Waals surface area contributed by atoms with Crippen molar-refractivity contribution >= 4 is 22.8 Å². The summed E-state index contributed by atoms with van der Waals surface area (Å²) in [5.41, 5.74) is 1.42. The van der Waals surface area contributed by atoms with Crippen molar-refractivity contribution in [1.82, 2.24) is 30.5 Å². The largest absolute Gasteiger partial charge is 0.458 e. The maximum atomic E-state index is 14.4. The molecule has 0 saturated carbocycles. The highest BCUT2D eigenvalue weighted by molar-refractivity contribution is 5.93. The smallest absolute Gasteiger partial charge is 0.319 e. The molecule has 0 aliphatic carbocycles. The molecule has 4 heterocycles. The number of methoxy groups -OCH3 is 1. The molecule has 1 fully saturated rings. The van der Waals surface area contributed by atoms with E-state index in [0.717, 1.165) is 19.3 Å². The normalized spacial score (nSPS) is 16.3. The summed E-state index contributed by atoms with van der Waals surface area (Å²) in [7, 11) is 1.59. The molecule has 1 aliphatic rings. The number of nitrogens with one attached hydrogen (secondary N) is 2. The first kappa shape index (κ1) is 24.8. The molecular weight excluding hydrogens is 453 g/mol. The average Bonchev–Trinajstić information content (AvgIpc) is 3.29. The molecule has 1 aliphatic heterocycles. The minimum absolute atomic E-state index is 0.0204. The van der Waals surface area contributed by atoms with Crippen molar-refractivity contribution in [3.8, 4) is 6.01 Å². The topological polar surface area (TPSA) is 118 Å². The molecule has 10 nitrogen and oxygen atoms in total. The van der Waals surface area contributed by atoms with E-state index < -0.39 is 0 Å². The molecule has 2 N–H and O–H groups in total. The fourth-order valence-electron chi connectivity index (χ4n) is 4.21. The summed E-state index contributed by atoms with van der Waals surface area (Å²) in [6.07, 6.45) is 3.47. The van der Waals surface area contributed by atoms with Crippen LogP contribution in [0.25, 0.3) is 11.0 Å². The third kappa shape index (κ3) is 5.67. The van der Waals surface area contributed by atoms with Crippen LogP contribution in [0.3, 0.4) is 0 Å². The summed E-state index contributed by atoms with van der Waals surface area (Å²) in [5.74, 6) is 0.118. The Morgan fingerprint density at radius 2 is 2.09 bits per heavy atom. The van der Waals surface area contributed by atoms with E-state index in [0.29, 0.717) is 42.2 Å². The van der Waals surface area contributed by atoms with Gasteiger partial charge in [-0.3, -0.25) is 9.89 Å². The van der Waals surface area contributed by atoms with E-state index in [1.165, 1.54) is 12.3 Å². The standard InChI is InChI=1S/C24H32FN7O3/c1-5-14(2)27-23(33)18-12-19(29-24(28-18)35-15(3)13-34-4)32-10-7-16(8-11-32)21-20-17(25)6-9-26-22(20)31-30-21/h6,9,12,14-16H,5,7-8,10-11,13H2,1-4H3,(H,27,33)(H,26,30,31)/t14-,15-/m1/s1. The number of amides is 1. The molecule has 188 valence electrons. The van der Waals surface area contributed by atoms with Gasteiger partial charge in [-0.25, -0.2) is 9.37 Å². The van der Waals surface area contributed by atoms with Crippen molar-refractivity contribution in [3.05, 3.63) is 35.5 Å². The summed E-state index contributed by atoms with van der Waals surface area (Å²) in [6, 6.07) is 3.21. The highest BCUT2D eigenvalue weighted by Crippen LogP contribution is 2.33.